The van der Waals surface area contributed by atoms with E-state index in [9.17, 15) is 4.79 Å². The highest BCUT2D eigenvalue weighted by Crippen LogP contribution is 1.69. The molecule has 0 amide bonds. The van der Waals surface area contributed by atoms with Gasteiger partial charge in [-0.1, -0.05) is 0 Å². The first kappa shape index (κ1) is 10.7. The minimum absolute atomic E-state index is 0.211. The van der Waals surface area contributed by atoms with E-state index in [1.807, 2.05) is 0 Å². The molecule has 52 valence electrons. The monoisotopic (exact) mass is 131 g/mol. The van der Waals surface area contributed by atoms with Crippen LogP contribution in [0.5, 0.6) is 0 Å². The van der Waals surface area contributed by atoms with Gasteiger partial charge in [-0.05, 0) is 17.4 Å². The lowest BCUT2D eigenvalue weighted by atomic mass is 10.8. The van der Waals surface area contributed by atoms with E-state index in [1.165, 1.54) is 6.92 Å². The van der Waals surface area contributed by atoms with Gasteiger partial charge in [0.1, 0.15) is 0 Å². The molecule has 0 bridgehead atoms. The molecule has 0 unspecified atom stereocenters. The fourth-order valence-corrected chi connectivity index (χ4v) is 0.203. The number of nitrogens with one attached hydrogen (secondary N) is 1. The predicted octanol–water partition coefficient (Wildman–Crippen LogP) is 1.44. The molecule has 0 spiro atoms. The number of ether oxygens (including phenoxy) is 1. The first-order valence-corrected chi connectivity index (χ1v) is 2.33. The highest BCUT2D eigenvalue weighted by Gasteiger charge is 1.81. The van der Waals surface area contributed by atoms with Crippen molar-refractivity contribution in [1.82, 2.24) is 0 Å². The van der Waals surface area contributed by atoms with Crippen molar-refractivity contribution in [1.29, 1.82) is 5.53 Å². The summed E-state index contributed by atoms with van der Waals surface area (Å²) < 4.78 is 4.40. The number of hydrogen-bond acceptors (Lipinski definition) is 3. The van der Waals surface area contributed by atoms with E-state index in [0.717, 1.165) is 0 Å². The number of carbonyl (C=O) groups excluding carboxylic acids is 1. The van der Waals surface area contributed by atoms with Crippen molar-refractivity contribution in [3.8, 4) is 0 Å². The zero-order chi connectivity index (χ0) is 7.70. The molecule has 0 aromatic heterocycles. The van der Waals surface area contributed by atoms with Crippen LogP contribution in [-0.4, -0.2) is 12.6 Å². The molecule has 0 saturated heterocycles. The molecule has 0 aliphatic heterocycles. The fraction of sp³-hybridized carbons (Fsp3) is 0.750. The maximum absolute atomic E-state index is 9.82. The van der Waals surface area contributed by atoms with E-state index in [0.29, 0.717) is 6.61 Å². The topological polar surface area (TPSA) is 86.6 Å². The minimum atomic E-state index is -0.211. The summed E-state index contributed by atoms with van der Waals surface area (Å²) in [6.45, 7) is 3.65. The summed E-state index contributed by atoms with van der Waals surface area (Å²) in [4.78, 5) is 11.6. The maximum atomic E-state index is 9.82. The molecule has 0 aromatic rings. The molecule has 0 aliphatic carbocycles. The summed E-state index contributed by atoms with van der Waals surface area (Å²) in [7, 11) is 0. The number of hydrogen-bond donors (Lipinski definition) is 1. The minimum Gasteiger partial charge on any atom is -0.466 e. The van der Waals surface area contributed by atoms with Gasteiger partial charge in [0.05, 0.1) is 6.61 Å². The zero-order valence-corrected chi connectivity index (χ0v) is 5.42. The zero-order valence-electron chi connectivity index (χ0n) is 5.42. The quantitative estimate of drug-likeness (QED) is 0.252. The highest BCUT2D eigenvalue weighted by atomic mass is 16.5. The van der Waals surface area contributed by atoms with E-state index in [1.54, 1.807) is 11.8 Å². The van der Waals surface area contributed by atoms with Crippen LogP contribution in [0.3, 0.4) is 0 Å². The number of rotatable bonds is 1. The van der Waals surface area contributed by atoms with Gasteiger partial charge >= 0.3 is 5.97 Å². The van der Waals surface area contributed by atoms with Crippen LogP contribution >= 0.6 is 0 Å². The maximum Gasteiger partial charge on any atom is 0.302 e. The van der Waals surface area contributed by atoms with Crippen LogP contribution < -0.4 is 0 Å². The van der Waals surface area contributed by atoms with Gasteiger partial charge in [-0.15, -0.1) is 5.53 Å². The Morgan fingerprint density at radius 1 is 1.89 bits per heavy atom. The van der Waals surface area contributed by atoms with Crippen LogP contribution in [0.25, 0.3) is 10.4 Å². The molecule has 0 saturated carbocycles. The highest BCUT2D eigenvalue weighted by molar-refractivity contribution is 5.65. The van der Waals surface area contributed by atoms with E-state index in [4.69, 9.17) is 11.1 Å². The van der Waals surface area contributed by atoms with Gasteiger partial charge in [-0.25, -0.2) is 0 Å². The van der Waals surface area contributed by atoms with Gasteiger partial charge in [-0.2, -0.15) is 0 Å². The standard InChI is InChI=1S/C4H8O2.HN3/c1-3-6-4(2)5;1-3-2/h3H2,1-2H3;1H. The molecular weight excluding hydrogens is 122 g/mol. The van der Waals surface area contributed by atoms with Crippen LogP contribution in [0.4, 0.5) is 0 Å². The Morgan fingerprint density at radius 2 is 2.22 bits per heavy atom. The molecule has 5 heteroatoms. The number of carbonyl (C=O) groups is 1. The molecule has 0 rings (SSSR count). The third-order valence-electron chi connectivity index (χ3n) is 0.348. The predicted molar refractivity (Wildman–Crippen MR) is 31.7 cm³/mol. The van der Waals surface area contributed by atoms with Gasteiger partial charge in [0, 0.05) is 6.92 Å². The molecule has 0 aliphatic rings. The molecule has 0 fully saturated rings. The summed E-state index contributed by atoms with van der Waals surface area (Å²) >= 11 is 0. The molecule has 1 N–H and O–H groups in total. The summed E-state index contributed by atoms with van der Waals surface area (Å²) in [5.74, 6) is -0.211. The Labute approximate surface area is 53.0 Å². The Kier molecular flexibility index (Phi) is 11.8. The molecule has 0 atom stereocenters. The van der Waals surface area contributed by atoms with E-state index in [2.05, 4.69) is 4.74 Å². The van der Waals surface area contributed by atoms with Crippen LogP contribution in [0.1, 0.15) is 13.8 Å². The van der Waals surface area contributed by atoms with Crippen molar-refractivity contribution in [2.75, 3.05) is 6.61 Å². The smallest absolute Gasteiger partial charge is 0.302 e. The first-order chi connectivity index (χ1) is 4.18. The van der Waals surface area contributed by atoms with Crippen LogP contribution in [0.15, 0.2) is 0 Å². The largest absolute Gasteiger partial charge is 0.466 e. The summed E-state index contributed by atoms with van der Waals surface area (Å²) in [5.41, 5.74) is 12.2. The molecular formula is C4H9N3O2. The normalized spacial score (nSPS) is 6.00. The molecule has 9 heavy (non-hydrogen) atoms. The van der Waals surface area contributed by atoms with Crippen molar-refractivity contribution >= 4 is 5.97 Å². The first-order valence-electron chi connectivity index (χ1n) is 2.33. The fourth-order valence-electron chi connectivity index (χ4n) is 0.203. The SMILES string of the molecule is CCOC(C)=O.[N-]=[N+]=N. The second kappa shape index (κ2) is 9.91. The third kappa shape index (κ3) is 48.9. The molecule has 0 aromatic carbocycles. The third-order valence-corrected chi connectivity index (χ3v) is 0.348. The van der Waals surface area contributed by atoms with Crippen molar-refractivity contribution in [2.24, 2.45) is 0 Å². The van der Waals surface area contributed by atoms with E-state index in [-0.39, 0.29) is 5.97 Å². The molecule has 0 radical (unpaired) electrons. The van der Waals surface area contributed by atoms with Crippen LogP contribution in [0.2, 0.25) is 0 Å². The second-order valence-corrected chi connectivity index (χ2v) is 1.02. The number of esters is 1. The van der Waals surface area contributed by atoms with E-state index < -0.39 is 0 Å². The van der Waals surface area contributed by atoms with Gasteiger partial charge in [0.2, 0.25) is 0 Å². The Hall–Kier alpha value is -1.22. The lowest BCUT2D eigenvalue weighted by Gasteiger charge is -1.89. The van der Waals surface area contributed by atoms with Gasteiger partial charge < -0.3 is 4.74 Å². The number of nitrogens with zero attached hydrogens (tertiary/aromatic N) is 2. The van der Waals surface area contributed by atoms with Gasteiger partial charge in [0.25, 0.3) is 0 Å². The summed E-state index contributed by atoms with van der Waals surface area (Å²) in [6.07, 6.45) is 0. The summed E-state index contributed by atoms with van der Waals surface area (Å²) in [5, 5.41) is 0. The Morgan fingerprint density at radius 3 is 2.22 bits per heavy atom. The lowest BCUT2D eigenvalue weighted by Crippen LogP contribution is -1.95. The summed E-state index contributed by atoms with van der Waals surface area (Å²) in [6, 6.07) is 0. The van der Waals surface area contributed by atoms with Crippen LogP contribution in [0, 0.1) is 5.53 Å². The lowest BCUT2D eigenvalue weighted by molar-refractivity contribution is -0.140. The average molecular weight is 131 g/mol. The van der Waals surface area contributed by atoms with Crippen LogP contribution in [-0.2, 0) is 9.53 Å². The van der Waals surface area contributed by atoms with Crippen molar-refractivity contribution in [3.05, 3.63) is 10.4 Å². The van der Waals surface area contributed by atoms with Gasteiger partial charge in [-0.3, -0.25) is 4.79 Å². The Balaban J connectivity index is 0. The average Bonchev–Trinajstić information content (AvgIpc) is 1.67. The second-order valence-electron chi connectivity index (χ2n) is 1.02. The van der Waals surface area contributed by atoms with Crippen molar-refractivity contribution in [2.45, 2.75) is 13.8 Å². The molecule has 5 nitrogen and oxygen atoms in total. The Bertz CT molecular complexity index is 106. The van der Waals surface area contributed by atoms with Crippen molar-refractivity contribution < 1.29 is 9.53 Å². The van der Waals surface area contributed by atoms with E-state index >= 15 is 0 Å². The molecule has 0 heterocycles. The van der Waals surface area contributed by atoms with Gasteiger partial charge in [0.15, 0.2) is 0 Å². The van der Waals surface area contributed by atoms with Crippen molar-refractivity contribution in [3.63, 3.8) is 0 Å².